The molecule has 0 N–H and O–H groups in total. The van der Waals surface area contributed by atoms with Crippen LogP contribution >= 0.6 is 0 Å². The predicted molar refractivity (Wildman–Crippen MR) is 80.7 cm³/mol. The zero-order chi connectivity index (χ0) is 16.2. The van der Waals surface area contributed by atoms with Crippen molar-refractivity contribution in [2.45, 2.75) is 38.7 Å². The van der Waals surface area contributed by atoms with Gasteiger partial charge in [-0.1, -0.05) is 13.8 Å². The molecule has 0 bridgehead atoms. The zero-order valence-electron chi connectivity index (χ0n) is 13.4. The Labute approximate surface area is 134 Å². The molecule has 124 valence electrons. The van der Waals surface area contributed by atoms with Crippen LogP contribution in [0.2, 0.25) is 0 Å². The maximum Gasteiger partial charge on any atom is 0.247 e. The third-order valence-corrected chi connectivity index (χ3v) is 3.81. The first-order chi connectivity index (χ1) is 11.1. The monoisotopic (exact) mass is 319 g/mol. The number of carbonyl (C=O) groups is 1. The highest BCUT2D eigenvalue weighted by molar-refractivity contribution is 5.76. The van der Waals surface area contributed by atoms with E-state index in [-0.39, 0.29) is 17.9 Å². The van der Waals surface area contributed by atoms with Crippen molar-refractivity contribution in [1.82, 2.24) is 15.1 Å². The van der Waals surface area contributed by atoms with Crippen LogP contribution in [0, 0.1) is 0 Å². The third-order valence-electron chi connectivity index (χ3n) is 3.81. The van der Waals surface area contributed by atoms with Crippen molar-refractivity contribution >= 4 is 5.91 Å². The second kappa shape index (κ2) is 6.95. The summed E-state index contributed by atoms with van der Waals surface area (Å²) in [5, 5.41) is 8.07. The Morgan fingerprint density at radius 3 is 3.00 bits per heavy atom. The fourth-order valence-electron chi connectivity index (χ4n) is 2.48. The third kappa shape index (κ3) is 3.79. The first-order valence-corrected chi connectivity index (χ1v) is 7.88. The van der Waals surface area contributed by atoms with Crippen LogP contribution in [0.5, 0.6) is 0 Å². The van der Waals surface area contributed by atoms with Gasteiger partial charge >= 0.3 is 0 Å². The van der Waals surface area contributed by atoms with Crippen molar-refractivity contribution < 1.29 is 18.4 Å². The minimum absolute atomic E-state index is 0.0818. The van der Waals surface area contributed by atoms with Crippen molar-refractivity contribution in [1.29, 1.82) is 0 Å². The van der Waals surface area contributed by atoms with Gasteiger partial charge < -0.3 is 18.5 Å². The topological polar surface area (TPSA) is 81.6 Å². The maximum absolute atomic E-state index is 12.3. The molecule has 0 spiro atoms. The van der Waals surface area contributed by atoms with Crippen LogP contribution < -0.4 is 0 Å². The second-order valence-corrected chi connectivity index (χ2v) is 5.91. The van der Waals surface area contributed by atoms with E-state index < -0.39 is 0 Å². The molecule has 0 saturated carbocycles. The van der Waals surface area contributed by atoms with Crippen LogP contribution in [-0.2, 0) is 16.0 Å². The SMILES string of the molecule is CC(C)c1nnc([C@H]2CN(C(=O)CCc3ccco3)CCO2)o1. The minimum Gasteiger partial charge on any atom is -0.469 e. The van der Waals surface area contributed by atoms with Crippen molar-refractivity contribution in [2.75, 3.05) is 19.7 Å². The quantitative estimate of drug-likeness (QED) is 0.841. The van der Waals surface area contributed by atoms with Crippen LogP contribution in [0.25, 0.3) is 0 Å². The summed E-state index contributed by atoms with van der Waals surface area (Å²) >= 11 is 0. The molecule has 1 fully saturated rings. The van der Waals surface area contributed by atoms with E-state index in [9.17, 15) is 4.79 Å². The highest BCUT2D eigenvalue weighted by Gasteiger charge is 2.29. The standard InChI is InChI=1S/C16H21N3O4/c1-11(2)15-17-18-16(23-15)13-10-19(7-9-22-13)14(20)6-5-12-4-3-8-21-12/h3-4,8,11,13H,5-7,9-10H2,1-2H3/t13-/m1/s1. The van der Waals surface area contributed by atoms with Gasteiger partial charge in [-0.3, -0.25) is 4.79 Å². The summed E-state index contributed by atoms with van der Waals surface area (Å²) < 4.78 is 16.6. The van der Waals surface area contributed by atoms with Gasteiger partial charge in [0.2, 0.25) is 17.7 Å². The van der Waals surface area contributed by atoms with Crippen LogP contribution in [0.1, 0.15) is 49.8 Å². The molecule has 0 unspecified atom stereocenters. The molecule has 0 aliphatic carbocycles. The molecule has 1 saturated heterocycles. The molecule has 7 heteroatoms. The number of morpholine rings is 1. The van der Waals surface area contributed by atoms with Crippen molar-refractivity contribution in [3.63, 3.8) is 0 Å². The highest BCUT2D eigenvalue weighted by Crippen LogP contribution is 2.23. The van der Waals surface area contributed by atoms with Gasteiger partial charge in [0.1, 0.15) is 5.76 Å². The van der Waals surface area contributed by atoms with Crippen molar-refractivity contribution in [3.05, 3.63) is 35.9 Å². The Morgan fingerprint density at radius 2 is 2.30 bits per heavy atom. The number of nitrogens with zero attached hydrogens (tertiary/aromatic N) is 3. The summed E-state index contributed by atoms with van der Waals surface area (Å²) in [5.41, 5.74) is 0. The maximum atomic E-state index is 12.3. The van der Waals surface area contributed by atoms with Gasteiger partial charge in [-0.15, -0.1) is 10.2 Å². The Kier molecular flexibility index (Phi) is 4.76. The highest BCUT2D eigenvalue weighted by atomic mass is 16.5. The molecule has 1 aliphatic heterocycles. The van der Waals surface area contributed by atoms with E-state index in [0.29, 0.717) is 44.3 Å². The number of furan rings is 1. The number of hydrogen-bond acceptors (Lipinski definition) is 6. The first kappa shape index (κ1) is 15.7. The number of aryl methyl sites for hydroxylation is 1. The summed E-state index contributed by atoms with van der Waals surface area (Å²) in [7, 11) is 0. The molecular formula is C16H21N3O4. The summed E-state index contributed by atoms with van der Waals surface area (Å²) in [6.45, 7) is 5.47. The van der Waals surface area contributed by atoms with E-state index in [4.69, 9.17) is 13.6 Å². The number of carbonyl (C=O) groups excluding carboxylic acids is 1. The number of hydrogen-bond donors (Lipinski definition) is 0. The lowest BCUT2D eigenvalue weighted by Gasteiger charge is -2.31. The average molecular weight is 319 g/mol. The molecule has 0 aromatic carbocycles. The molecule has 3 rings (SSSR count). The van der Waals surface area contributed by atoms with E-state index in [1.54, 1.807) is 11.2 Å². The first-order valence-electron chi connectivity index (χ1n) is 7.88. The van der Waals surface area contributed by atoms with E-state index in [0.717, 1.165) is 5.76 Å². The van der Waals surface area contributed by atoms with E-state index in [2.05, 4.69) is 10.2 Å². The molecule has 7 nitrogen and oxygen atoms in total. The number of rotatable bonds is 5. The zero-order valence-corrected chi connectivity index (χ0v) is 13.4. The molecule has 23 heavy (non-hydrogen) atoms. The van der Waals surface area contributed by atoms with Gasteiger partial charge in [0.05, 0.1) is 19.4 Å². The summed E-state index contributed by atoms with van der Waals surface area (Å²) in [4.78, 5) is 14.1. The van der Waals surface area contributed by atoms with Crippen molar-refractivity contribution in [3.8, 4) is 0 Å². The molecule has 2 aromatic heterocycles. The largest absolute Gasteiger partial charge is 0.469 e. The molecule has 1 atom stereocenters. The Bertz CT molecular complexity index is 636. The van der Waals surface area contributed by atoms with Gasteiger partial charge in [-0.2, -0.15) is 0 Å². The number of aromatic nitrogens is 2. The summed E-state index contributed by atoms with van der Waals surface area (Å²) in [6.07, 6.45) is 2.29. The van der Waals surface area contributed by atoms with E-state index in [1.807, 2.05) is 26.0 Å². The van der Waals surface area contributed by atoms with Gasteiger partial charge in [-0.05, 0) is 12.1 Å². The molecule has 0 radical (unpaired) electrons. The van der Waals surface area contributed by atoms with Gasteiger partial charge in [-0.25, -0.2) is 0 Å². The fraction of sp³-hybridized carbons (Fsp3) is 0.562. The molecular weight excluding hydrogens is 298 g/mol. The molecule has 1 amide bonds. The lowest BCUT2D eigenvalue weighted by Crippen LogP contribution is -2.42. The van der Waals surface area contributed by atoms with Gasteiger partial charge in [0.15, 0.2) is 6.10 Å². The minimum atomic E-state index is -0.351. The number of ether oxygens (including phenoxy) is 1. The Morgan fingerprint density at radius 1 is 1.43 bits per heavy atom. The smallest absolute Gasteiger partial charge is 0.247 e. The van der Waals surface area contributed by atoms with Crippen molar-refractivity contribution in [2.24, 2.45) is 0 Å². The van der Waals surface area contributed by atoms with Crippen LogP contribution in [0.15, 0.2) is 27.2 Å². The lowest BCUT2D eigenvalue weighted by atomic mass is 10.2. The van der Waals surface area contributed by atoms with E-state index >= 15 is 0 Å². The normalized spacial score (nSPS) is 18.6. The Balaban J connectivity index is 1.57. The fourth-order valence-corrected chi connectivity index (χ4v) is 2.48. The van der Waals surface area contributed by atoms with Gasteiger partial charge in [0.25, 0.3) is 0 Å². The second-order valence-electron chi connectivity index (χ2n) is 5.91. The van der Waals surface area contributed by atoms with Crippen LogP contribution in [-0.4, -0.2) is 40.7 Å². The summed E-state index contributed by atoms with van der Waals surface area (Å²) in [6, 6.07) is 3.70. The lowest BCUT2D eigenvalue weighted by molar-refractivity contribution is -0.139. The van der Waals surface area contributed by atoms with Gasteiger partial charge in [0, 0.05) is 25.3 Å². The Hall–Kier alpha value is -2.15. The van der Waals surface area contributed by atoms with Crippen LogP contribution in [0.3, 0.4) is 0 Å². The van der Waals surface area contributed by atoms with Crippen LogP contribution in [0.4, 0.5) is 0 Å². The summed E-state index contributed by atoms with van der Waals surface area (Å²) in [5.74, 6) is 2.10. The average Bonchev–Trinajstić information content (AvgIpc) is 3.24. The predicted octanol–water partition coefficient (Wildman–Crippen LogP) is 2.32. The van der Waals surface area contributed by atoms with E-state index in [1.165, 1.54) is 0 Å². The molecule has 1 aliphatic rings. The number of amides is 1. The molecule has 3 heterocycles. The molecule has 2 aromatic rings.